The Labute approximate surface area is 226 Å². The van der Waals surface area contributed by atoms with E-state index in [2.05, 4.69) is 6.92 Å². The third-order valence-electron chi connectivity index (χ3n) is 3.94. The Kier molecular flexibility index (Phi) is 61.3. The van der Waals surface area contributed by atoms with E-state index in [0.29, 0.717) is 0 Å². The molecular formula is C26H49O8V-. The number of unbranched alkanes of at least 4 members (excludes halogenated alkanes) is 8. The molecule has 207 valence electrons. The summed E-state index contributed by atoms with van der Waals surface area (Å²) in [5.41, 5.74) is 0. The van der Waals surface area contributed by atoms with Crippen LogP contribution in [0.3, 0.4) is 0 Å². The van der Waals surface area contributed by atoms with Crippen LogP contribution in [0.15, 0.2) is 0 Å². The predicted octanol–water partition coefficient (Wildman–Crippen LogP) is 2.10. The summed E-state index contributed by atoms with van der Waals surface area (Å²) in [6, 6.07) is 0. The Balaban J connectivity index is -0.0000000774. The van der Waals surface area contributed by atoms with Crippen LogP contribution < -0.4 is 20.4 Å². The van der Waals surface area contributed by atoms with Crippen molar-refractivity contribution in [3.05, 3.63) is 6.92 Å². The molecule has 0 bridgehead atoms. The second kappa shape index (κ2) is 45.9. The fraction of sp³-hybridized carbons (Fsp3) is 0.808. The van der Waals surface area contributed by atoms with Crippen LogP contribution in [0.25, 0.3) is 0 Å². The zero-order chi connectivity index (χ0) is 27.6. The molecule has 9 heteroatoms. The Morgan fingerprint density at radius 1 is 0.429 bits per heavy atom. The van der Waals surface area contributed by atoms with Crippen LogP contribution in [-0.2, 0) is 37.7 Å². The number of carboxylic acid groups (broad SMARTS) is 4. The van der Waals surface area contributed by atoms with Gasteiger partial charge in [-0.3, -0.25) is 0 Å². The number of carboxylic acids is 4. The Morgan fingerprint density at radius 2 is 0.571 bits per heavy atom. The van der Waals surface area contributed by atoms with Crippen molar-refractivity contribution in [2.24, 2.45) is 0 Å². The van der Waals surface area contributed by atoms with E-state index in [1.54, 1.807) is 6.92 Å². The smallest absolute Gasteiger partial charge is 0.550 e. The van der Waals surface area contributed by atoms with Crippen LogP contribution >= 0.6 is 0 Å². The van der Waals surface area contributed by atoms with Gasteiger partial charge in [0.2, 0.25) is 0 Å². The molecule has 0 aromatic rings. The summed E-state index contributed by atoms with van der Waals surface area (Å²) in [5.74, 6) is -3.73. The molecule has 0 saturated heterocycles. The molecule has 0 fully saturated rings. The Hall–Kier alpha value is -1.54. The van der Waals surface area contributed by atoms with Crippen LogP contribution in [0.2, 0.25) is 0 Å². The molecule has 35 heavy (non-hydrogen) atoms. The van der Waals surface area contributed by atoms with Crippen molar-refractivity contribution in [2.45, 2.75) is 137 Å². The van der Waals surface area contributed by atoms with Gasteiger partial charge in [0, 0.05) is 23.9 Å². The molecule has 0 aromatic carbocycles. The van der Waals surface area contributed by atoms with Gasteiger partial charge >= 0.3 is 18.6 Å². The first-order valence-corrected chi connectivity index (χ1v) is 12.6. The summed E-state index contributed by atoms with van der Waals surface area (Å²) in [4.78, 5) is 39.1. The van der Waals surface area contributed by atoms with E-state index in [9.17, 15) is 39.6 Å². The maximum Gasteiger partial charge on any atom is 4.00 e. The fourth-order valence-corrected chi connectivity index (χ4v) is 2.08. The second-order valence-electron chi connectivity index (χ2n) is 7.32. The van der Waals surface area contributed by atoms with E-state index in [0.717, 1.165) is 77.0 Å². The van der Waals surface area contributed by atoms with E-state index in [-0.39, 0.29) is 44.2 Å². The molecule has 0 rings (SSSR count). The molecule has 0 aromatic heterocycles. The fourth-order valence-electron chi connectivity index (χ4n) is 2.08. The third-order valence-corrected chi connectivity index (χ3v) is 3.94. The summed E-state index contributed by atoms with van der Waals surface area (Å²) < 4.78 is 0. The minimum absolute atomic E-state index is 0. The number of rotatable bonds is 16. The molecule has 0 unspecified atom stereocenters. The normalized spacial score (nSPS) is 8.51. The van der Waals surface area contributed by atoms with Gasteiger partial charge in [0.25, 0.3) is 0 Å². The topological polar surface area (TPSA) is 161 Å². The van der Waals surface area contributed by atoms with Gasteiger partial charge in [-0.15, -0.1) is 0 Å². The van der Waals surface area contributed by atoms with Gasteiger partial charge in [-0.05, 0) is 51.4 Å². The van der Waals surface area contributed by atoms with Crippen molar-refractivity contribution in [3.8, 4) is 0 Å². The maximum atomic E-state index is 9.76. The van der Waals surface area contributed by atoms with Crippen LogP contribution in [0.4, 0.5) is 0 Å². The first-order chi connectivity index (χ1) is 16.1. The average Bonchev–Trinajstić information content (AvgIpc) is 2.76. The quantitative estimate of drug-likeness (QED) is 0.212. The molecule has 0 spiro atoms. The minimum Gasteiger partial charge on any atom is -0.550 e. The van der Waals surface area contributed by atoms with Gasteiger partial charge in [0.15, 0.2) is 0 Å². The standard InChI is InChI=1S/4C6H12O2.C2H5.V/c4*1-2-3-4-5-6(7)8;1-2;/h4*2-5H2,1H3,(H,7,8);1H2,2H3;/q;;;;-1;+4/p-4. The first-order valence-electron chi connectivity index (χ1n) is 12.6. The minimum atomic E-state index is -0.932. The third kappa shape index (κ3) is 88.4. The zero-order valence-electron chi connectivity index (χ0n) is 22.7. The van der Waals surface area contributed by atoms with Gasteiger partial charge in [0.05, 0.1) is 0 Å². The van der Waals surface area contributed by atoms with Crippen LogP contribution in [0.1, 0.15) is 137 Å². The van der Waals surface area contributed by atoms with Gasteiger partial charge in [-0.25, -0.2) is 0 Å². The van der Waals surface area contributed by atoms with Crippen molar-refractivity contribution in [2.75, 3.05) is 0 Å². The van der Waals surface area contributed by atoms with Crippen LogP contribution in [-0.4, -0.2) is 23.9 Å². The van der Waals surface area contributed by atoms with Crippen LogP contribution in [0, 0.1) is 6.92 Å². The summed E-state index contributed by atoms with van der Waals surface area (Å²) in [6.45, 7) is 13.1. The number of aliphatic carboxylic acids is 4. The van der Waals surface area contributed by atoms with E-state index >= 15 is 0 Å². The molecule has 0 amide bonds. The SMILES string of the molecule is CCCCCC(=O)[O-].CCCCCC(=O)[O-].CCCCCC(=O)[O-].CCCCCC(=O)[O-].[CH2-]C.[V+4]. The van der Waals surface area contributed by atoms with Gasteiger partial charge in [-0.2, -0.15) is 6.92 Å². The summed E-state index contributed by atoms with van der Waals surface area (Å²) in [5, 5.41) is 39.1. The average molecular weight is 541 g/mol. The molecule has 0 aliphatic rings. The molecule has 0 saturated carbocycles. The van der Waals surface area contributed by atoms with Crippen molar-refractivity contribution in [3.63, 3.8) is 0 Å². The van der Waals surface area contributed by atoms with Gasteiger partial charge in [0.1, 0.15) is 0 Å². The second-order valence-corrected chi connectivity index (χ2v) is 7.32. The van der Waals surface area contributed by atoms with Gasteiger partial charge in [-0.1, -0.05) is 79.1 Å². The monoisotopic (exact) mass is 540 g/mol. The number of hydrogen-bond acceptors (Lipinski definition) is 8. The maximum absolute atomic E-state index is 9.76. The number of carbonyl (C=O) groups excluding carboxylic acids is 4. The van der Waals surface area contributed by atoms with Crippen molar-refractivity contribution in [1.29, 1.82) is 0 Å². The zero-order valence-corrected chi connectivity index (χ0v) is 24.1. The Morgan fingerprint density at radius 3 is 0.657 bits per heavy atom. The summed E-state index contributed by atoms with van der Waals surface area (Å²) in [6.07, 6.45) is 12.1. The van der Waals surface area contributed by atoms with E-state index < -0.39 is 23.9 Å². The van der Waals surface area contributed by atoms with E-state index in [1.807, 2.05) is 27.7 Å². The number of carbonyl (C=O) groups is 4. The molecule has 0 aliphatic carbocycles. The number of hydrogen-bond donors (Lipinski definition) is 0. The molecule has 1 radical (unpaired) electrons. The molecule has 0 atom stereocenters. The molecule has 8 nitrogen and oxygen atoms in total. The summed E-state index contributed by atoms with van der Waals surface area (Å²) >= 11 is 0. The summed E-state index contributed by atoms with van der Waals surface area (Å²) in [7, 11) is 0. The van der Waals surface area contributed by atoms with Crippen LogP contribution in [0.5, 0.6) is 0 Å². The molecule has 0 N–H and O–H groups in total. The predicted molar refractivity (Wildman–Crippen MR) is 128 cm³/mol. The largest absolute Gasteiger partial charge is 4.00 e. The van der Waals surface area contributed by atoms with Gasteiger partial charge < -0.3 is 46.5 Å². The van der Waals surface area contributed by atoms with Crippen molar-refractivity contribution >= 4 is 23.9 Å². The molecular weight excluding hydrogens is 491 g/mol. The molecule has 0 aliphatic heterocycles. The van der Waals surface area contributed by atoms with Crippen molar-refractivity contribution in [1.82, 2.24) is 0 Å². The van der Waals surface area contributed by atoms with Crippen molar-refractivity contribution < 1.29 is 58.2 Å². The molecule has 0 heterocycles. The van der Waals surface area contributed by atoms with E-state index in [1.165, 1.54) is 0 Å². The first kappa shape index (κ1) is 46.8. The Bertz CT molecular complexity index is 363. The van der Waals surface area contributed by atoms with E-state index in [4.69, 9.17) is 0 Å².